The summed E-state index contributed by atoms with van der Waals surface area (Å²) in [5, 5.41) is 2.64. The van der Waals surface area contributed by atoms with Gasteiger partial charge in [-0.25, -0.2) is 4.39 Å². The Balaban J connectivity index is 0.00000256. The van der Waals surface area contributed by atoms with Crippen molar-refractivity contribution >= 4 is 18.3 Å². The molecular weight excluding hydrogens is 243 g/mol. The fourth-order valence-corrected chi connectivity index (χ4v) is 1.32. The van der Waals surface area contributed by atoms with Crippen LogP contribution in [0.4, 0.5) is 4.39 Å². The van der Waals surface area contributed by atoms with Crippen LogP contribution < -0.4 is 11.1 Å². The first kappa shape index (κ1) is 15.9. The number of benzene rings is 1. The molecule has 0 heterocycles. The van der Waals surface area contributed by atoms with Gasteiger partial charge in [-0.2, -0.15) is 0 Å². The zero-order chi connectivity index (χ0) is 12.1. The Morgan fingerprint density at radius 3 is 2.76 bits per heavy atom. The van der Waals surface area contributed by atoms with Crippen LogP contribution in [0.5, 0.6) is 0 Å². The molecule has 5 heteroatoms. The average Bonchev–Trinajstić information content (AvgIpc) is 2.21. The summed E-state index contributed by atoms with van der Waals surface area (Å²) in [5.74, 6) is -0.884. The van der Waals surface area contributed by atoms with Crippen LogP contribution in [0.3, 0.4) is 0 Å². The van der Waals surface area contributed by atoms with Crippen LogP contribution in [0, 0.1) is 12.7 Å². The predicted octanol–water partition coefficient (Wildman–Crippen LogP) is 2.02. The Labute approximate surface area is 107 Å². The van der Waals surface area contributed by atoms with Crippen LogP contribution in [0.2, 0.25) is 0 Å². The maximum Gasteiger partial charge on any atom is 0.254 e. The van der Waals surface area contributed by atoms with Crippen molar-refractivity contribution in [3.63, 3.8) is 0 Å². The maximum absolute atomic E-state index is 13.3. The smallest absolute Gasteiger partial charge is 0.254 e. The third-order valence-corrected chi connectivity index (χ3v) is 2.25. The molecule has 1 aromatic rings. The lowest BCUT2D eigenvalue weighted by Crippen LogP contribution is -2.29. The van der Waals surface area contributed by atoms with Crippen LogP contribution in [0.25, 0.3) is 0 Å². The molecule has 3 nitrogen and oxygen atoms in total. The molecule has 1 aromatic carbocycles. The molecule has 0 aliphatic heterocycles. The largest absolute Gasteiger partial charge is 0.352 e. The Morgan fingerprint density at radius 2 is 2.18 bits per heavy atom. The first-order valence-corrected chi connectivity index (χ1v) is 5.30. The van der Waals surface area contributed by atoms with E-state index in [0.29, 0.717) is 13.0 Å². The van der Waals surface area contributed by atoms with Crippen molar-refractivity contribution in [2.45, 2.75) is 26.3 Å². The molecule has 17 heavy (non-hydrogen) atoms. The summed E-state index contributed by atoms with van der Waals surface area (Å²) in [6.07, 6.45) is 0.680. The van der Waals surface area contributed by atoms with Gasteiger partial charge in [0.05, 0.1) is 5.56 Å². The number of nitrogens with two attached hydrogens (primary N) is 1. The topological polar surface area (TPSA) is 55.1 Å². The van der Waals surface area contributed by atoms with E-state index in [1.54, 1.807) is 6.07 Å². The van der Waals surface area contributed by atoms with E-state index in [1.165, 1.54) is 12.1 Å². The molecule has 1 unspecified atom stereocenters. The van der Waals surface area contributed by atoms with Crippen LogP contribution >= 0.6 is 12.4 Å². The van der Waals surface area contributed by atoms with Gasteiger partial charge in [0, 0.05) is 12.6 Å². The highest BCUT2D eigenvalue weighted by atomic mass is 35.5. The summed E-state index contributed by atoms with van der Waals surface area (Å²) in [6, 6.07) is 4.50. The maximum atomic E-state index is 13.3. The van der Waals surface area contributed by atoms with E-state index >= 15 is 0 Å². The number of halogens is 2. The van der Waals surface area contributed by atoms with Crippen LogP contribution in [-0.2, 0) is 0 Å². The van der Waals surface area contributed by atoms with Crippen molar-refractivity contribution in [3.8, 4) is 0 Å². The number of amides is 1. The van der Waals surface area contributed by atoms with Gasteiger partial charge in [-0.05, 0) is 32.4 Å². The van der Waals surface area contributed by atoms with Crippen molar-refractivity contribution in [2.75, 3.05) is 6.54 Å². The molecule has 0 spiro atoms. The van der Waals surface area contributed by atoms with E-state index in [-0.39, 0.29) is 29.9 Å². The molecular formula is C12H18ClFN2O. The highest BCUT2D eigenvalue weighted by molar-refractivity contribution is 5.94. The predicted molar refractivity (Wildman–Crippen MR) is 69.0 cm³/mol. The molecule has 96 valence electrons. The molecule has 0 aliphatic carbocycles. The molecule has 0 radical (unpaired) electrons. The summed E-state index contributed by atoms with van der Waals surface area (Å²) < 4.78 is 13.3. The number of hydrogen-bond donors (Lipinski definition) is 2. The lowest BCUT2D eigenvalue weighted by Gasteiger charge is -2.08. The summed E-state index contributed by atoms with van der Waals surface area (Å²) in [7, 11) is 0. The van der Waals surface area contributed by atoms with Gasteiger partial charge in [0.2, 0.25) is 0 Å². The van der Waals surface area contributed by atoms with E-state index in [1.807, 2.05) is 13.8 Å². The molecule has 0 saturated heterocycles. The highest BCUT2D eigenvalue weighted by Gasteiger charge is 2.11. The average molecular weight is 261 g/mol. The van der Waals surface area contributed by atoms with Gasteiger partial charge in [0.15, 0.2) is 0 Å². The Hall–Kier alpha value is -1.13. The van der Waals surface area contributed by atoms with Crippen molar-refractivity contribution < 1.29 is 9.18 Å². The fourth-order valence-electron chi connectivity index (χ4n) is 1.32. The summed E-state index contributed by atoms with van der Waals surface area (Å²) >= 11 is 0. The van der Waals surface area contributed by atoms with Crippen LogP contribution in [0.15, 0.2) is 18.2 Å². The minimum Gasteiger partial charge on any atom is -0.352 e. The minimum atomic E-state index is -0.496. The van der Waals surface area contributed by atoms with E-state index < -0.39 is 5.82 Å². The normalized spacial score (nSPS) is 11.5. The molecule has 0 aromatic heterocycles. The lowest BCUT2D eigenvalue weighted by molar-refractivity contribution is 0.0948. The standard InChI is InChI=1S/C12H17FN2O.ClH/c1-8-3-4-11(13)10(7-8)12(16)15-6-5-9(2)14;/h3-4,7,9H,5-6,14H2,1-2H3,(H,15,16);1H. The van der Waals surface area contributed by atoms with Gasteiger partial charge in [0.25, 0.3) is 5.91 Å². The number of nitrogens with one attached hydrogen (secondary N) is 1. The van der Waals surface area contributed by atoms with Gasteiger partial charge in [-0.1, -0.05) is 11.6 Å². The molecule has 1 amide bonds. The quantitative estimate of drug-likeness (QED) is 0.870. The number of hydrogen-bond acceptors (Lipinski definition) is 2. The van der Waals surface area contributed by atoms with E-state index in [0.717, 1.165) is 5.56 Å². The number of carbonyl (C=O) groups is 1. The molecule has 0 aliphatic rings. The highest BCUT2D eigenvalue weighted by Crippen LogP contribution is 2.09. The van der Waals surface area contributed by atoms with Gasteiger partial charge >= 0.3 is 0 Å². The molecule has 0 bridgehead atoms. The Bertz CT molecular complexity index is 383. The number of carbonyl (C=O) groups excluding carboxylic acids is 1. The molecule has 1 rings (SSSR count). The van der Waals surface area contributed by atoms with Gasteiger partial charge in [-0.3, -0.25) is 4.79 Å². The van der Waals surface area contributed by atoms with Gasteiger partial charge in [-0.15, -0.1) is 12.4 Å². The second-order valence-corrected chi connectivity index (χ2v) is 4.01. The molecule has 1 atom stereocenters. The van der Waals surface area contributed by atoms with E-state index in [4.69, 9.17) is 5.73 Å². The Morgan fingerprint density at radius 1 is 1.53 bits per heavy atom. The second kappa shape index (κ2) is 7.25. The summed E-state index contributed by atoms with van der Waals surface area (Å²) in [6.45, 7) is 4.14. The second-order valence-electron chi connectivity index (χ2n) is 4.01. The van der Waals surface area contributed by atoms with Crippen molar-refractivity contribution in [3.05, 3.63) is 35.1 Å². The van der Waals surface area contributed by atoms with Crippen molar-refractivity contribution in [2.24, 2.45) is 5.73 Å². The van der Waals surface area contributed by atoms with Gasteiger partial charge in [0.1, 0.15) is 5.82 Å². The van der Waals surface area contributed by atoms with E-state index in [2.05, 4.69) is 5.32 Å². The van der Waals surface area contributed by atoms with Crippen molar-refractivity contribution in [1.82, 2.24) is 5.32 Å². The number of aryl methyl sites for hydroxylation is 1. The van der Waals surface area contributed by atoms with Crippen molar-refractivity contribution in [1.29, 1.82) is 0 Å². The summed E-state index contributed by atoms with van der Waals surface area (Å²) in [4.78, 5) is 11.6. The zero-order valence-corrected chi connectivity index (χ0v) is 10.8. The third-order valence-electron chi connectivity index (χ3n) is 2.25. The molecule has 0 fully saturated rings. The third kappa shape index (κ3) is 5.15. The first-order chi connectivity index (χ1) is 7.50. The van der Waals surface area contributed by atoms with Gasteiger partial charge < -0.3 is 11.1 Å². The Kier molecular flexibility index (Phi) is 6.76. The number of rotatable bonds is 4. The zero-order valence-electron chi connectivity index (χ0n) is 10.00. The SMILES string of the molecule is Cc1ccc(F)c(C(=O)NCCC(C)N)c1.Cl. The molecule has 0 saturated carbocycles. The fraction of sp³-hybridized carbons (Fsp3) is 0.417. The minimum absolute atomic E-state index is 0. The van der Waals surface area contributed by atoms with E-state index in [9.17, 15) is 9.18 Å². The lowest BCUT2D eigenvalue weighted by atomic mass is 10.1. The van der Waals surface area contributed by atoms with Crippen LogP contribution in [-0.4, -0.2) is 18.5 Å². The molecule has 3 N–H and O–H groups in total. The first-order valence-electron chi connectivity index (χ1n) is 5.30. The van der Waals surface area contributed by atoms with Crippen LogP contribution in [0.1, 0.15) is 29.3 Å². The summed E-state index contributed by atoms with van der Waals surface area (Å²) in [5.41, 5.74) is 6.49. The monoisotopic (exact) mass is 260 g/mol.